The van der Waals surface area contributed by atoms with Gasteiger partial charge in [-0.15, -0.1) is 0 Å². The lowest BCUT2D eigenvalue weighted by Gasteiger charge is -2.16. The van der Waals surface area contributed by atoms with Gasteiger partial charge >= 0.3 is 0 Å². The van der Waals surface area contributed by atoms with E-state index >= 15 is 0 Å². The average Bonchev–Trinajstić information content (AvgIpc) is 2.81. The number of hydrogen-bond donors (Lipinski definition) is 1. The van der Waals surface area contributed by atoms with Crippen LogP contribution < -0.4 is 5.32 Å². The third-order valence-corrected chi connectivity index (χ3v) is 4.79. The van der Waals surface area contributed by atoms with Gasteiger partial charge in [0, 0.05) is 12.2 Å². The molecule has 2 aromatic rings. The van der Waals surface area contributed by atoms with Gasteiger partial charge in [0.25, 0.3) is 11.8 Å². The molecule has 1 heterocycles. The number of nitrogens with zero attached hydrogens (tertiary/aromatic N) is 1. The highest BCUT2D eigenvalue weighted by molar-refractivity contribution is 6.48. The summed E-state index contributed by atoms with van der Waals surface area (Å²) in [6, 6.07) is 15.5. The van der Waals surface area contributed by atoms with E-state index in [-0.39, 0.29) is 16.6 Å². The molecule has 0 aliphatic carbocycles. The van der Waals surface area contributed by atoms with Gasteiger partial charge in [0.1, 0.15) is 10.7 Å². The van der Waals surface area contributed by atoms with E-state index in [0.717, 1.165) is 22.4 Å². The van der Waals surface area contributed by atoms with Crippen LogP contribution in [0, 0.1) is 13.8 Å². The van der Waals surface area contributed by atoms with Gasteiger partial charge in [-0.2, -0.15) is 0 Å². The van der Waals surface area contributed by atoms with Gasteiger partial charge in [-0.05, 0) is 43.0 Å². The van der Waals surface area contributed by atoms with E-state index in [0.29, 0.717) is 13.0 Å². The standard InChI is InChI=1S/C20H19ClN2O2/c1-13-7-6-10-16(14(13)2)22-18-17(21)19(24)23(20(18)25)12-11-15-8-4-3-5-9-15/h3-10,22H,11-12H2,1-2H3. The van der Waals surface area contributed by atoms with Crippen LogP contribution in [0.25, 0.3) is 0 Å². The van der Waals surface area contributed by atoms with Gasteiger partial charge in [0.15, 0.2) is 0 Å². The summed E-state index contributed by atoms with van der Waals surface area (Å²) in [5.41, 5.74) is 4.10. The van der Waals surface area contributed by atoms with E-state index in [4.69, 9.17) is 11.6 Å². The van der Waals surface area contributed by atoms with Crippen LogP contribution in [-0.2, 0) is 16.0 Å². The van der Waals surface area contributed by atoms with Gasteiger partial charge in [-0.25, -0.2) is 0 Å². The molecule has 0 spiro atoms. The van der Waals surface area contributed by atoms with E-state index in [1.807, 2.05) is 62.4 Å². The van der Waals surface area contributed by atoms with Gasteiger partial charge < -0.3 is 5.32 Å². The molecule has 128 valence electrons. The van der Waals surface area contributed by atoms with Crippen LogP contribution in [0.5, 0.6) is 0 Å². The Bertz CT molecular complexity index is 859. The zero-order valence-corrected chi connectivity index (χ0v) is 14.9. The predicted molar refractivity (Wildman–Crippen MR) is 99.3 cm³/mol. The van der Waals surface area contributed by atoms with E-state index in [1.165, 1.54) is 4.90 Å². The molecule has 1 aliphatic heterocycles. The van der Waals surface area contributed by atoms with Gasteiger partial charge in [-0.3, -0.25) is 14.5 Å². The Morgan fingerprint density at radius 3 is 2.40 bits per heavy atom. The number of imide groups is 1. The van der Waals surface area contributed by atoms with Crippen molar-refractivity contribution in [3.8, 4) is 0 Å². The van der Waals surface area contributed by atoms with Crippen LogP contribution in [0.4, 0.5) is 5.69 Å². The highest BCUT2D eigenvalue weighted by atomic mass is 35.5. The first-order valence-electron chi connectivity index (χ1n) is 8.12. The summed E-state index contributed by atoms with van der Waals surface area (Å²) in [6.45, 7) is 4.25. The molecule has 0 bridgehead atoms. The first-order valence-corrected chi connectivity index (χ1v) is 8.50. The number of anilines is 1. The SMILES string of the molecule is Cc1cccc(NC2=C(Cl)C(=O)N(CCc3ccccc3)C2=O)c1C. The highest BCUT2D eigenvalue weighted by Gasteiger charge is 2.37. The molecule has 0 unspecified atom stereocenters. The molecule has 0 radical (unpaired) electrons. The topological polar surface area (TPSA) is 49.4 Å². The molecule has 0 atom stereocenters. The summed E-state index contributed by atoms with van der Waals surface area (Å²) in [5.74, 6) is -0.831. The minimum atomic E-state index is -0.449. The summed E-state index contributed by atoms with van der Waals surface area (Å²) in [6.07, 6.45) is 0.596. The Balaban J connectivity index is 1.76. The third-order valence-electron chi connectivity index (χ3n) is 4.44. The zero-order chi connectivity index (χ0) is 18.0. The molecule has 1 N–H and O–H groups in total. The van der Waals surface area contributed by atoms with E-state index in [2.05, 4.69) is 5.32 Å². The minimum Gasteiger partial charge on any atom is -0.349 e. The lowest BCUT2D eigenvalue weighted by atomic mass is 10.1. The molecule has 5 heteroatoms. The predicted octanol–water partition coefficient (Wildman–Crippen LogP) is 3.78. The van der Waals surface area contributed by atoms with Crippen molar-refractivity contribution in [1.82, 2.24) is 4.90 Å². The number of benzene rings is 2. The van der Waals surface area contributed by atoms with Crippen LogP contribution in [0.2, 0.25) is 0 Å². The minimum absolute atomic E-state index is 0.0565. The summed E-state index contributed by atoms with van der Waals surface area (Å²) in [7, 11) is 0. The third kappa shape index (κ3) is 3.44. The number of carbonyl (C=O) groups excluding carboxylic acids is 2. The molecule has 0 fully saturated rings. The first kappa shape index (κ1) is 17.2. The zero-order valence-electron chi connectivity index (χ0n) is 14.2. The molecule has 4 nitrogen and oxygen atoms in total. The molecule has 1 aliphatic rings. The van der Waals surface area contributed by atoms with E-state index in [9.17, 15) is 9.59 Å². The Morgan fingerprint density at radius 2 is 1.68 bits per heavy atom. The fourth-order valence-electron chi connectivity index (χ4n) is 2.76. The van der Waals surface area contributed by atoms with Crippen molar-refractivity contribution >= 4 is 29.1 Å². The average molecular weight is 355 g/mol. The van der Waals surface area contributed by atoms with Crippen molar-refractivity contribution in [1.29, 1.82) is 0 Å². The van der Waals surface area contributed by atoms with E-state index in [1.54, 1.807) is 0 Å². The van der Waals surface area contributed by atoms with Crippen LogP contribution in [0.15, 0.2) is 59.3 Å². The Kier molecular flexibility index (Phi) is 4.91. The summed E-state index contributed by atoms with van der Waals surface area (Å²) in [4.78, 5) is 26.2. The quantitative estimate of drug-likeness (QED) is 0.831. The van der Waals surface area contributed by atoms with Crippen molar-refractivity contribution in [2.45, 2.75) is 20.3 Å². The molecule has 2 amide bonds. The number of carbonyl (C=O) groups is 2. The maximum atomic E-state index is 12.6. The molecular formula is C20H19ClN2O2. The smallest absolute Gasteiger partial charge is 0.278 e. The second kappa shape index (κ2) is 7.11. The van der Waals surface area contributed by atoms with Gasteiger partial charge in [0.2, 0.25) is 0 Å². The van der Waals surface area contributed by atoms with Crippen molar-refractivity contribution in [3.63, 3.8) is 0 Å². The number of amides is 2. The highest BCUT2D eigenvalue weighted by Crippen LogP contribution is 2.28. The summed E-state index contributed by atoms with van der Waals surface area (Å²) >= 11 is 6.15. The molecule has 3 rings (SSSR count). The Morgan fingerprint density at radius 1 is 0.960 bits per heavy atom. The number of rotatable bonds is 5. The molecule has 2 aromatic carbocycles. The summed E-state index contributed by atoms with van der Waals surface area (Å²) in [5, 5.41) is 2.99. The Hall–Kier alpha value is -2.59. The number of halogens is 1. The maximum absolute atomic E-state index is 12.6. The molecule has 0 saturated heterocycles. The fraction of sp³-hybridized carbons (Fsp3) is 0.200. The number of hydrogen-bond acceptors (Lipinski definition) is 3. The van der Waals surface area contributed by atoms with Crippen LogP contribution in [0.1, 0.15) is 16.7 Å². The van der Waals surface area contributed by atoms with Gasteiger partial charge in [-0.1, -0.05) is 54.1 Å². The van der Waals surface area contributed by atoms with Crippen LogP contribution >= 0.6 is 11.6 Å². The largest absolute Gasteiger partial charge is 0.349 e. The van der Waals surface area contributed by atoms with Crippen LogP contribution in [0.3, 0.4) is 0 Å². The summed E-state index contributed by atoms with van der Waals surface area (Å²) < 4.78 is 0. The second-order valence-corrected chi connectivity index (χ2v) is 6.44. The first-order chi connectivity index (χ1) is 12.0. The second-order valence-electron chi connectivity index (χ2n) is 6.06. The molecule has 0 saturated carbocycles. The van der Waals surface area contributed by atoms with Crippen molar-refractivity contribution in [3.05, 3.63) is 76.0 Å². The van der Waals surface area contributed by atoms with Gasteiger partial charge in [0.05, 0.1) is 0 Å². The molecule has 0 aromatic heterocycles. The number of aryl methyl sites for hydroxylation is 1. The fourth-order valence-corrected chi connectivity index (χ4v) is 2.99. The molecular weight excluding hydrogens is 336 g/mol. The Labute approximate surface area is 152 Å². The van der Waals surface area contributed by atoms with Crippen molar-refractivity contribution in [2.75, 3.05) is 11.9 Å². The number of nitrogens with one attached hydrogen (secondary N) is 1. The van der Waals surface area contributed by atoms with Crippen molar-refractivity contribution < 1.29 is 9.59 Å². The lowest BCUT2D eigenvalue weighted by molar-refractivity contribution is -0.137. The molecule has 25 heavy (non-hydrogen) atoms. The van der Waals surface area contributed by atoms with E-state index < -0.39 is 5.91 Å². The van der Waals surface area contributed by atoms with Crippen molar-refractivity contribution in [2.24, 2.45) is 0 Å². The lowest BCUT2D eigenvalue weighted by Crippen LogP contribution is -2.34. The maximum Gasteiger partial charge on any atom is 0.278 e. The normalized spacial score (nSPS) is 14.4. The van der Waals surface area contributed by atoms with Crippen LogP contribution in [-0.4, -0.2) is 23.3 Å². The monoisotopic (exact) mass is 354 g/mol.